The summed E-state index contributed by atoms with van der Waals surface area (Å²) in [5.74, 6) is -0.284. The van der Waals surface area contributed by atoms with E-state index in [0.29, 0.717) is 12.8 Å². The van der Waals surface area contributed by atoms with Gasteiger partial charge < -0.3 is 20.6 Å². The van der Waals surface area contributed by atoms with Crippen LogP contribution in [0, 0.1) is 0 Å². The number of amides is 1. The van der Waals surface area contributed by atoms with Crippen molar-refractivity contribution in [3.63, 3.8) is 0 Å². The molecule has 1 amide bonds. The van der Waals surface area contributed by atoms with Crippen molar-refractivity contribution in [1.82, 2.24) is 5.32 Å². The van der Waals surface area contributed by atoms with Crippen LogP contribution in [0.4, 0.5) is 0 Å². The van der Waals surface area contributed by atoms with Crippen LogP contribution in [0.5, 0.6) is 0 Å². The van der Waals surface area contributed by atoms with Gasteiger partial charge in [0.05, 0.1) is 31.3 Å². The number of rotatable bonds is 43. The average Bonchev–Trinajstić information content (AvgIpc) is 3.14. The van der Waals surface area contributed by atoms with Crippen molar-refractivity contribution in [3.8, 4) is 0 Å². The van der Waals surface area contributed by atoms with Crippen LogP contribution in [0.2, 0.25) is 0 Å². The van der Waals surface area contributed by atoms with Crippen molar-refractivity contribution in [2.24, 2.45) is 0 Å². The molecule has 0 aliphatic carbocycles. The van der Waals surface area contributed by atoms with Crippen LogP contribution < -0.4 is 5.32 Å². The van der Waals surface area contributed by atoms with E-state index in [1.807, 2.05) is 0 Å². The van der Waals surface area contributed by atoms with Crippen molar-refractivity contribution in [3.05, 3.63) is 12.2 Å². The highest BCUT2D eigenvalue weighted by Gasteiger charge is 2.21. The highest BCUT2D eigenvalue weighted by atomic mass is 16.3. The van der Waals surface area contributed by atoms with Gasteiger partial charge in [0.1, 0.15) is 0 Å². The van der Waals surface area contributed by atoms with E-state index in [9.17, 15) is 20.1 Å². The predicted molar refractivity (Wildman–Crippen MR) is 227 cm³/mol. The molecule has 5 heteroatoms. The molecule has 310 valence electrons. The first-order valence-corrected chi connectivity index (χ1v) is 23.5. The van der Waals surface area contributed by atoms with Crippen molar-refractivity contribution >= 4 is 5.91 Å². The summed E-state index contributed by atoms with van der Waals surface area (Å²) < 4.78 is 0. The van der Waals surface area contributed by atoms with Crippen LogP contribution in [0.1, 0.15) is 258 Å². The number of nitrogens with one attached hydrogen (secondary N) is 1. The largest absolute Gasteiger partial charge is 0.394 e. The highest BCUT2D eigenvalue weighted by molar-refractivity contribution is 5.76. The summed E-state index contributed by atoms with van der Waals surface area (Å²) in [6.07, 6.45) is 50.4. The Kier molecular flexibility index (Phi) is 42.1. The Labute approximate surface area is 325 Å². The molecule has 0 spiro atoms. The normalized spacial score (nSPS) is 13.6. The number of hydrogen-bond acceptors (Lipinski definition) is 4. The Balaban J connectivity index is 3.59. The fourth-order valence-electron chi connectivity index (χ4n) is 7.46. The minimum absolute atomic E-state index is 0.0340. The molecule has 0 aromatic rings. The minimum atomic E-state index is -0.748. The van der Waals surface area contributed by atoms with Crippen LogP contribution in [0.15, 0.2) is 12.2 Å². The molecule has 0 saturated heterocycles. The number of aliphatic hydroxyl groups is 3. The monoisotopic (exact) mass is 736 g/mol. The average molecular weight is 736 g/mol. The van der Waals surface area contributed by atoms with Crippen molar-refractivity contribution in [2.45, 2.75) is 276 Å². The van der Waals surface area contributed by atoms with Gasteiger partial charge in [-0.25, -0.2) is 0 Å². The molecule has 0 aromatic carbocycles. The molecule has 52 heavy (non-hydrogen) atoms. The van der Waals surface area contributed by atoms with Crippen LogP contribution in [-0.4, -0.2) is 46.1 Å². The van der Waals surface area contributed by atoms with Crippen LogP contribution in [0.25, 0.3) is 0 Å². The van der Waals surface area contributed by atoms with E-state index < -0.39 is 18.2 Å². The lowest BCUT2D eigenvalue weighted by molar-refractivity contribution is -0.125. The fraction of sp³-hybridized carbons (Fsp3) is 0.936. The zero-order valence-corrected chi connectivity index (χ0v) is 35.2. The summed E-state index contributed by atoms with van der Waals surface area (Å²) in [5.41, 5.74) is 0. The fourth-order valence-corrected chi connectivity index (χ4v) is 7.46. The summed E-state index contributed by atoms with van der Waals surface area (Å²) in [6, 6.07) is -0.658. The van der Waals surface area contributed by atoms with Gasteiger partial charge in [0.15, 0.2) is 0 Å². The topological polar surface area (TPSA) is 89.8 Å². The standard InChI is InChI=1S/C47H93NO4/c1-3-5-7-9-11-13-15-17-19-21-22-23-25-26-28-30-32-34-36-38-40-44(50)42-47(52)48-45(43-49)46(51)41-39-37-35-33-31-29-27-24-20-18-16-14-12-10-8-6-4-2/h25-26,44-46,49-51H,3-24,27-43H2,1-2H3,(H,48,52)/b26-25-. The summed E-state index contributed by atoms with van der Waals surface area (Å²) in [6.45, 7) is 4.28. The second-order valence-electron chi connectivity index (χ2n) is 16.4. The van der Waals surface area contributed by atoms with Crippen molar-refractivity contribution in [2.75, 3.05) is 6.61 Å². The van der Waals surface area contributed by atoms with Gasteiger partial charge in [-0.15, -0.1) is 0 Å². The first kappa shape index (κ1) is 51.1. The number of hydrogen-bond donors (Lipinski definition) is 4. The van der Waals surface area contributed by atoms with Gasteiger partial charge in [0.2, 0.25) is 5.91 Å². The third-order valence-corrected chi connectivity index (χ3v) is 11.1. The van der Waals surface area contributed by atoms with Gasteiger partial charge in [-0.05, 0) is 38.5 Å². The lowest BCUT2D eigenvalue weighted by atomic mass is 10.0. The maximum atomic E-state index is 12.5. The second-order valence-corrected chi connectivity index (χ2v) is 16.4. The molecule has 0 rings (SSSR count). The van der Waals surface area contributed by atoms with Gasteiger partial charge in [-0.2, -0.15) is 0 Å². The summed E-state index contributed by atoms with van der Waals surface area (Å²) in [5, 5.41) is 33.5. The van der Waals surface area contributed by atoms with E-state index in [1.54, 1.807) is 0 Å². The minimum Gasteiger partial charge on any atom is -0.394 e. The highest BCUT2D eigenvalue weighted by Crippen LogP contribution is 2.17. The molecule has 0 heterocycles. The number of aliphatic hydroxyl groups excluding tert-OH is 3. The molecule has 3 atom stereocenters. The Morgan fingerprint density at radius 1 is 0.462 bits per heavy atom. The SMILES string of the molecule is CCCCCCCCCCCCC/C=C\CCCCCCCC(O)CC(=O)NC(CO)C(O)CCCCCCCCCCCCCCCCCCC. The molecule has 0 radical (unpaired) electrons. The van der Waals surface area contributed by atoms with E-state index in [2.05, 4.69) is 31.3 Å². The Bertz CT molecular complexity index is 728. The van der Waals surface area contributed by atoms with Gasteiger partial charge in [0, 0.05) is 0 Å². The lowest BCUT2D eigenvalue weighted by Gasteiger charge is -2.23. The second kappa shape index (κ2) is 42.8. The van der Waals surface area contributed by atoms with Gasteiger partial charge in [-0.1, -0.05) is 225 Å². The Hall–Kier alpha value is -0.910. The summed E-state index contributed by atoms with van der Waals surface area (Å²) in [7, 11) is 0. The van der Waals surface area contributed by atoms with E-state index in [-0.39, 0.29) is 18.9 Å². The maximum absolute atomic E-state index is 12.5. The molecule has 4 N–H and O–H groups in total. The molecular formula is C47H93NO4. The zero-order valence-electron chi connectivity index (χ0n) is 35.2. The third-order valence-electron chi connectivity index (χ3n) is 11.1. The van der Waals surface area contributed by atoms with E-state index >= 15 is 0 Å². The predicted octanol–water partition coefficient (Wildman–Crippen LogP) is 13.6. The molecule has 0 aliphatic rings. The number of carbonyl (C=O) groups excluding carboxylic acids is 1. The van der Waals surface area contributed by atoms with Crippen LogP contribution in [0.3, 0.4) is 0 Å². The lowest BCUT2D eigenvalue weighted by Crippen LogP contribution is -2.46. The quantitative estimate of drug-likeness (QED) is 0.0371. The summed E-state index contributed by atoms with van der Waals surface area (Å²) >= 11 is 0. The molecule has 0 fully saturated rings. The third kappa shape index (κ3) is 38.8. The maximum Gasteiger partial charge on any atom is 0.222 e. The van der Waals surface area contributed by atoms with Gasteiger partial charge >= 0.3 is 0 Å². The molecule has 0 bridgehead atoms. The van der Waals surface area contributed by atoms with Crippen LogP contribution in [-0.2, 0) is 4.79 Å². The Morgan fingerprint density at radius 3 is 1.12 bits per heavy atom. The molecule has 0 aromatic heterocycles. The van der Waals surface area contributed by atoms with Crippen molar-refractivity contribution < 1.29 is 20.1 Å². The first-order chi connectivity index (χ1) is 25.5. The Morgan fingerprint density at radius 2 is 0.769 bits per heavy atom. The van der Waals surface area contributed by atoms with Crippen molar-refractivity contribution in [1.29, 1.82) is 0 Å². The van der Waals surface area contributed by atoms with E-state index in [1.165, 1.54) is 193 Å². The smallest absolute Gasteiger partial charge is 0.222 e. The van der Waals surface area contributed by atoms with E-state index in [0.717, 1.165) is 32.1 Å². The molecule has 0 saturated carbocycles. The first-order valence-electron chi connectivity index (χ1n) is 23.5. The zero-order chi connectivity index (χ0) is 38.0. The number of carbonyl (C=O) groups is 1. The van der Waals surface area contributed by atoms with Crippen LogP contribution >= 0.6 is 0 Å². The number of unbranched alkanes of at least 4 members (excludes halogenated alkanes) is 32. The molecule has 0 aliphatic heterocycles. The molecule has 3 unspecified atom stereocenters. The van der Waals surface area contributed by atoms with Gasteiger partial charge in [-0.3, -0.25) is 4.79 Å². The summed E-state index contributed by atoms with van der Waals surface area (Å²) in [4.78, 5) is 12.5. The van der Waals surface area contributed by atoms with Gasteiger partial charge in [0.25, 0.3) is 0 Å². The molecule has 5 nitrogen and oxygen atoms in total. The molecular weight excluding hydrogens is 643 g/mol. The van der Waals surface area contributed by atoms with E-state index in [4.69, 9.17) is 0 Å². The number of allylic oxidation sites excluding steroid dienone is 2.